The lowest BCUT2D eigenvalue weighted by Gasteiger charge is -2.33. The second kappa shape index (κ2) is 15.0. The van der Waals surface area contributed by atoms with E-state index in [1.807, 2.05) is 51.1 Å². The third-order valence-corrected chi connectivity index (χ3v) is 7.45. The fourth-order valence-electron chi connectivity index (χ4n) is 4.89. The van der Waals surface area contributed by atoms with Crippen molar-refractivity contribution in [3.63, 3.8) is 0 Å². The molecule has 0 saturated carbocycles. The quantitative estimate of drug-likeness (QED) is 0.190. The van der Waals surface area contributed by atoms with Crippen LogP contribution in [0.4, 0.5) is 16.3 Å². The first-order valence-corrected chi connectivity index (χ1v) is 15.7. The van der Waals surface area contributed by atoms with E-state index in [4.69, 9.17) is 25.8 Å². The third-order valence-electron chi connectivity index (χ3n) is 7.22. The Morgan fingerprint density at radius 2 is 1.57 bits per heavy atom. The zero-order valence-electron chi connectivity index (χ0n) is 26.5. The molecule has 11 heteroatoms. The van der Waals surface area contributed by atoms with E-state index >= 15 is 0 Å². The Kier molecular flexibility index (Phi) is 10.6. The van der Waals surface area contributed by atoms with Crippen LogP contribution in [0, 0.1) is 0 Å². The van der Waals surface area contributed by atoms with Crippen molar-refractivity contribution in [1.82, 2.24) is 9.88 Å². The lowest BCUT2D eigenvalue weighted by Crippen LogP contribution is -2.44. The number of nitrogens with one attached hydrogen (secondary N) is 2. The fraction of sp³-hybridized carbons (Fsp3) is 0.278. The molecule has 47 heavy (non-hydrogen) atoms. The number of pyridine rings is 1. The highest BCUT2D eigenvalue weighted by Gasteiger charge is 2.29. The molecule has 5 rings (SSSR count). The van der Waals surface area contributed by atoms with Crippen LogP contribution in [0.1, 0.15) is 59.9 Å². The number of likely N-dealkylation sites (tertiary alicyclic amines) is 1. The van der Waals surface area contributed by atoms with Gasteiger partial charge in [0, 0.05) is 38.2 Å². The van der Waals surface area contributed by atoms with E-state index in [9.17, 15) is 14.4 Å². The number of anilines is 2. The van der Waals surface area contributed by atoms with Crippen LogP contribution in [-0.2, 0) is 11.3 Å². The van der Waals surface area contributed by atoms with Gasteiger partial charge in [-0.1, -0.05) is 54.1 Å². The number of carbonyl (C=O) groups excluding carboxylic acids is 3. The van der Waals surface area contributed by atoms with E-state index < -0.39 is 17.4 Å². The van der Waals surface area contributed by atoms with Crippen molar-refractivity contribution in [2.24, 2.45) is 0 Å². The summed E-state index contributed by atoms with van der Waals surface area (Å²) in [5.74, 6) is 0.261. The molecule has 1 fully saturated rings. The molecule has 10 nitrogen and oxygen atoms in total. The first kappa shape index (κ1) is 33.3. The molecule has 1 aliphatic rings. The van der Waals surface area contributed by atoms with Crippen LogP contribution in [0.15, 0.2) is 91.1 Å². The van der Waals surface area contributed by atoms with Gasteiger partial charge < -0.3 is 29.7 Å². The van der Waals surface area contributed by atoms with Gasteiger partial charge >= 0.3 is 6.09 Å². The maximum atomic E-state index is 13.8. The number of hydrogen-bond acceptors (Lipinski definition) is 7. The number of rotatable bonds is 9. The summed E-state index contributed by atoms with van der Waals surface area (Å²) < 4.78 is 18.0. The number of ether oxygens (including phenoxy) is 3. The number of hydrogen-bond donors (Lipinski definition) is 2. The molecule has 0 bridgehead atoms. The smallest absolute Gasteiger partial charge is 0.410 e. The highest BCUT2D eigenvalue weighted by atomic mass is 35.5. The largest absolute Gasteiger partial charge is 0.489 e. The summed E-state index contributed by atoms with van der Waals surface area (Å²) in [5.41, 5.74) is 1.23. The Hall–Kier alpha value is -5.09. The van der Waals surface area contributed by atoms with Gasteiger partial charge in [0.25, 0.3) is 11.8 Å². The zero-order valence-corrected chi connectivity index (χ0v) is 27.3. The SMILES string of the molecule is CC(C)(C)OC(=O)N1CCC(Oc2cc(OCc3ccccc3)ccc2C(=O)Nc2ccccc2C(=O)Nc2ccc(Cl)cn2)CC1. The Morgan fingerprint density at radius 3 is 2.28 bits per heavy atom. The van der Waals surface area contributed by atoms with E-state index in [1.165, 1.54) is 6.20 Å². The molecule has 2 heterocycles. The summed E-state index contributed by atoms with van der Waals surface area (Å²) in [6.45, 7) is 6.75. The molecule has 3 aromatic carbocycles. The molecule has 1 aliphatic heterocycles. The summed E-state index contributed by atoms with van der Waals surface area (Å²) in [5, 5.41) is 6.04. The number of para-hydroxylation sites is 1. The van der Waals surface area contributed by atoms with E-state index in [0.29, 0.717) is 60.6 Å². The second-order valence-corrected chi connectivity index (χ2v) is 12.5. The summed E-state index contributed by atoms with van der Waals surface area (Å²) in [7, 11) is 0. The molecule has 2 N–H and O–H groups in total. The van der Waals surface area contributed by atoms with Crippen molar-refractivity contribution in [2.75, 3.05) is 23.7 Å². The predicted molar refractivity (Wildman–Crippen MR) is 180 cm³/mol. The highest BCUT2D eigenvalue weighted by molar-refractivity contribution is 6.30. The number of nitrogens with zero attached hydrogens (tertiary/aromatic N) is 2. The van der Waals surface area contributed by atoms with Gasteiger partial charge in [-0.3, -0.25) is 9.59 Å². The maximum absolute atomic E-state index is 13.8. The van der Waals surface area contributed by atoms with Crippen molar-refractivity contribution in [3.05, 3.63) is 113 Å². The minimum absolute atomic E-state index is 0.248. The average Bonchev–Trinajstić information content (AvgIpc) is 3.05. The number of piperidine rings is 1. The third kappa shape index (κ3) is 9.46. The van der Waals surface area contributed by atoms with Gasteiger partial charge in [-0.2, -0.15) is 0 Å². The van der Waals surface area contributed by atoms with Crippen LogP contribution < -0.4 is 20.1 Å². The number of halogens is 1. The summed E-state index contributed by atoms with van der Waals surface area (Å²) in [6.07, 6.45) is 1.92. The second-order valence-electron chi connectivity index (χ2n) is 12.0. The van der Waals surface area contributed by atoms with Crippen LogP contribution in [0.2, 0.25) is 5.02 Å². The monoisotopic (exact) mass is 656 g/mol. The van der Waals surface area contributed by atoms with Crippen molar-refractivity contribution >= 4 is 41.0 Å². The molecule has 0 unspecified atom stereocenters. The first-order chi connectivity index (χ1) is 22.5. The minimum Gasteiger partial charge on any atom is -0.489 e. The number of carbonyl (C=O) groups is 3. The maximum Gasteiger partial charge on any atom is 0.410 e. The van der Waals surface area contributed by atoms with Gasteiger partial charge in [0.05, 0.1) is 21.8 Å². The molecule has 1 aromatic heterocycles. The summed E-state index contributed by atoms with van der Waals surface area (Å²) in [4.78, 5) is 45.2. The molecule has 244 valence electrons. The van der Waals surface area contributed by atoms with Crippen molar-refractivity contribution in [3.8, 4) is 11.5 Å². The Balaban J connectivity index is 1.33. The van der Waals surface area contributed by atoms with Crippen LogP contribution in [-0.4, -0.2) is 52.6 Å². The van der Waals surface area contributed by atoms with Gasteiger partial charge in [0.15, 0.2) is 0 Å². The van der Waals surface area contributed by atoms with Gasteiger partial charge in [-0.05, 0) is 62.7 Å². The van der Waals surface area contributed by atoms with Crippen LogP contribution in [0.25, 0.3) is 0 Å². The van der Waals surface area contributed by atoms with E-state index in [-0.39, 0.29) is 23.3 Å². The van der Waals surface area contributed by atoms with E-state index in [2.05, 4.69) is 15.6 Å². The van der Waals surface area contributed by atoms with Crippen LogP contribution in [0.5, 0.6) is 11.5 Å². The van der Waals surface area contributed by atoms with Gasteiger partial charge in [-0.25, -0.2) is 9.78 Å². The first-order valence-electron chi connectivity index (χ1n) is 15.3. The molecular formula is C36H37ClN4O6. The predicted octanol–water partition coefficient (Wildman–Crippen LogP) is 7.60. The highest BCUT2D eigenvalue weighted by Crippen LogP contribution is 2.30. The van der Waals surface area contributed by atoms with E-state index in [0.717, 1.165) is 5.56 Å². The lowest BCUT2D eigenvalue weighted by molar-refractivity contribution is 0.0126. The summed E-state index contributed by atoms with van der Waals surface area (Å²) >= 11 is 5.91. The van der Waals surface area contributed by atoms with Crippen LogP contribution >= 0.6 is 11.6 Å². The molecule has 4 aromatic rings. The number of amides is 3. The summed E-state index contributed by atoms with van der Waals surface area (Å²) in [6, 6.07) is 24.7. The van der Waals surface area contributed by atoms with Crippen molar-refractivity contribution in [1.29, 1.82) is 0 Å². The van der Waals surface area contributed by atoms with Crippen molar-refractivity contribution in [2.45, 2.75) is 51.9 Å². The van der Waals surface area contributed by atoms with Gasteiger partial charge in [-0.15, -0.1) is 0 Å². The van der Waals surface area contributed by atoms with Gasteiger partial charge in [0.2, 0.25) is 0 Å². The topological polar surface area (TPSA) is 119 Å². The average molecular weight is 657 g/mol. The van der Waals surface area contributed by atoms with Gasteiger partial charge in [0.1, 0.15) is 35.6 Å². The molecular weight excluding hydrogens is 620 g/mol. The minimum atomic E-state index is -0.584. The van der Waals surface area contributed by atoms with Crippen LogP contribution in [0.3, 0.4) is 0 Å². The molecule has 0 spiro atoms. The molecule has 0 atom stereocenters. The molecule has 3 amide bonds. The van der Waals surface area contributed by atoms with E-state index in [1.54, 1.807) is 59.5 Å². The number of aromatic nitrogens is 1. The molecule has 0 aliphatic carbocycles. The normalized spacial score (nSPS) is 13.4. The number of benzene rings is 3. The van der Waals surface area contributed by atoms with Crippen molar-refractivity contribution < 1.29 is 28.6 Å². The Labute approximate surface area is 279 Å². The molecule has 1 saturated heterocycles. The standard InChI is InChI=1S/C36H37ClN4O6/c1-36(2,3)47-35(44)41-19-17-26(18-20-41)46-31-21-27(45-23-24-9-5-4-6-10-24)14-15-29(31)34(43)39-30-12-8-7-11-28(30)33(42)40-32-16-13-25(37)22-38-32/h4-16,21-22,26H,17-20,23H2,1-3H3,(H,39,43)(H,38,40,42). The Bertz CT molecular complexity index is 1700. The molecule has 0 radical (unpaired) electrons. The lowest BCUT2D eigenvalue weighted by atomic mass is 10.1. The Morgan fingerprint density at radius 1 is 0.872 bits per heavy atom. The fourth-order valence-corrected chi connectivity index (χ4v) is 5.01. The zero-order chi connectivity index (χ0) is 33.4.